The van der Waals surface area contributed by atoms with Gasteiger partial charge in [-0.25, -0.2) is 9.97 Å². The van der Waals surface area contributed by atoms with Gasteiger partial charge in [-0.3, -0.25) is 0 Å². The smallest absolute Gasteiger partial charge is 0.178 e. The number of pyridine rings is 1. The average molecular weight is 290 g/mol. The first-order valence-corrected chi connectivity index (χ1v) is 6.32. The van der Waals surface area contributed by atoms with E-state index in [0.717, 1.165) is 11.1 Å². The molecule has 5 nitrogen and oxygen atoms in total. The minimum atomic E-state index is 0.569. The predicted octanol–water partition coefficient (Wildman–Crippen LogP) is 3.30. The summed E-state index contributed by atoms with van der Waals surface area (Å²) in [5.74, 6) is 2.03. The number of hydrogen-bond acceptors (Lipinski definition) is 4. The Labute approximate surface area is 120 Å². The molecule has 0 saturated carbocycles. The molecule has 0 amide bonds. The number of H-pyrrole nitrogens is 1. The van der Waals surface area contributed by atoms with Crippen LogP contribution in [0.2, 0.25) is 5.02 Å². The molecule has 0 saturated heterocycles. The van der Waals surface area contributed by atoms with Crippen molar-refractivity contribution >= 4 is 22.8 Å². The fourth-order valence-electron chi connectivity index (χ4n) is 1.99. The van der Waals surface area contributed by atoms with Gasteiger partial charge in [-0.1, -0.05) is 11.6 Å². The van der Waals surface area contributed by atoms with Crippen LogP contribution in [0.1, 0.15) is 0 Å². The minimum absolute atomic E-state index is 0.569. The highest BCUT2D eigenvalue weighted by atomic mass is 35.5. The fraction of sp³-hybridized carbons (Fsp3) is 0.143. The second-order valence-corrected chi connectivity index (χ2v) is 4.62. The van der Waals surface area contributed by atoms with Crippen molar-refractivity contribution in [2.45, 2.75) is 0 Å². The van der Waals surface area contributed by atoms with Crippen LogP contribution >= 0.6 is 11.6 Å². The van der Waals surface area contributed by atoms with Crippen molar-refractivity contribution in [2.24, 2.45) is 0 Å². The van der Waals surface area contributed by atoms with Gasteiger partial charge >= 0.3 is 0 Å². The van der Waals surface area contributed by atoms with Crippen LogP contribution in [0.5, 0.6) is 11.5 Å². The Morgan fingerprint density at radius 1 is 1.10 bits per heavy atom. The summed E-state index contributed by atoms with van der Waals surface area (Å²) in [6.07, 6.45) is 1.57. The summed E-state index contributed by atoms with van der Waals surface area (Å²) < 4.78 is 10.5. The molecule has 0 atom stereocenters. The van der Waals surface area contributed by atoms with E-state index in [2.05, 4.69) is 15.0 Å². The topological polar surface area (TPSA) is 60.0 Å². The summed E-state index contributed by atoms with van der Waals surface area (Å²) in [6.45, 7) is 0. The molecule has 2 heterocycles. The summed E-state index contributed by atoms with van der Waals surface area (Å²) in [4.78, 5) is 11.8. The van der Waals surface area contributed by atoms with Gasteiger partial charge in [0.2, 0.25) is 0 Å². The number of halogens is 1. The first kappa shape index (κ1) is 12.7. The van der Waals surface area contributed by atoms with Crippen LogP contribution in [0.25, 0.3) is 22.6 Å². The Morgan fingerprint density at radius 3 is 2.65 bits per heavy atom. The van der Waals surface area contributed by atoms with Gasteiger partial charge in [0, 0.05) is 11.8 Å². The van der Waals surface area contributed by atoms with Gasteiger partial charge in [0.15, 0.2) is 17.1 Å². The number of ether oxygens (including phenoxy) is 2. The molecular weight excluding hydrogens is 278 g/mol. The van der Waals surface area contributed by atoms with Crippen LogP contribution in [0.15, 0.2) is 30.5 Å². The van der Waals surface area contributed by atoms with Crippen molar-refractivity contribution in [1.29, 1.82) is 0 Å². The fourth-order valence-corrected chi connectivity index (χ4v) is 2.15. The number of aromatic amines is 1. The van der Waals surface area contributed by atoms with Crippen molar-refractivity contribution in [1.82, 2.24) is 15.0 Å². The first-order valence-electron chi connectivity index (χ1n) is 5.95. The van der Waals surface area contributed by atoms with Crippen LogP contribution in [-0.4, -0.2) is 29.2 Å². The van der Waals surface area contributed by atoms with E-state index in [1.807, 2.05) is 18.2 Å². The zero-order valence-corrected chi connectivity index (χ0v) is 11.7. The molecule has 0 bridgehead atoms. The maximum absolute atomic E-state index is 5.91. The Morgan fingerprint density at radius 2 is 1.90 bits per heavy atom. The van der Waals surface area contributed by atoms with Crippen LogP contribution in [-0.2, 0) is 0 Å². The van der Waals surface area contributed by atoms with Gasteiger partial charge < -0.3 is 14.5 Å². The van der Waals surface area contributed by atoms with Gasteiger partial charge in [-0.2, -0.15) is 0 Å². The number of hydrogen-bond donors (Lipinski definition) is 1. The van der Waals surface area contributed by atoms with Crippen LogP contribution in [0.4, 0.5) is 0 Å². The molecule has 0 aliphatic heterocycles. The zero-order chi connectivity index (χ0) is 14.1. The highest BCUT2D eigenvalue weighted by Crippen LogP contribution is 2.31. The zero-order valence-electron chi connectivity index (χ0n) is 11.0. The normalized spacial score (nSPS) is 10.8. The molecular formula is C14H12ClN3O2. The maximum atomic E-state index is 5.91. The number of benzene rings is 1. The van der Waals surface area contributed by atoms with E-state index >= 15 is 0 Å². The lowest BCUT2D eigenvalue weighted by atomic mass is 10.2. The summed E-state index contributed by atoms with van der Waals surface area (Å²) >= 11 is 5.91. The standard InChI is InChI=1S/C14H12ClN3O2/c1-19-11-4-3-8(5-12(11)20-2)13-17-10-6-9(15)7-16-14(10)18-13/h3-7H,1-2H3,(H,16,17,18). The average Bonchev–Trinajstić information content (AvgIpc) is 2.89. The molecule has 0 unspecified atom stereocenters. The molecule has 2 aromatic heterocycles. The molecule has 6 heteroatoms. The van der Waals surface area contributed by atoms with E-state index in [-0.39, 0.29) is 0 Å². The first-order chi connectivity index (χ1) is 9.71. The highest BCUT2D eigenvalue weighted by Gasteiger charge is 2.10. The minimum Gasteiger partial charge on any atom is -0.493 e. The van der Waals surface area contributed by atoms with E-state index in [0.29, 0.717) is 28.0 Å². The molecule has 3 rings (SSSR count). The number of methoxy groups -OCH3 is 2. The summed E-state index contributed by atoms with van der Waals surface area (Å²) in [7, 11) is 3.20. The van der Waals surface area contributed by atoms with Gasteiger partial charge in [0.25, 0.3) is 0 Å². The van der Waals surface area contributed by atoms with Crippen LogP contribution in [0, 0.1) is 0 Å². The Kier molecular flexibility index (Phi) is 3.20. The van der Waals surface area contributed by atoms with E-state index in [1.165, 1.54) is 0 Å². The second-order valence-electron chi connectivity index (χ2n) is 4.18. The third kappa shape index (κ3) is 2.16. The van der Waals surface area contributed by atoms with Crippen LogP contribution < -0.4 is 9.47 Å². The van der Waals surface area contributed by atoms with Crippen LogP contribution in [0.3, 0.4) is 0 Å². The molecule has 102 valence electrons. The quantitative estimate of drug-likeness (QED) is 0.804. The number of fused-ring (bicyclic) bond motifs is 1. The Balaban J connectivity index is 2.10. The molecule has 1 N–H and O–H groups in total. The van der Waals surface area contributed by atoms with Crippen molar-refractivity contribution in [3.8, 4) is 22.9 Å². The molecule has 0 radical (unpaired) electrons. The third-order valence-corrected chi connectivity index (χ3v) is 3.17. The number of aromatic nitrogens is 3. The molecule has 20 heavy (non-hydrogen) atoms. The second kappa shape index (κ2) is 5.02. The Bertz CT molecular complexity index is 770. The van der Waals surface area contributed by atoms with Crippen molar-refractivity contribution in [3.05, 3.63) is 35.5 Å². The largest absolute Gasteiger partial charge is 0.493 e. The maximum Gasteiger partial charge on any atom is 0.178 e. The molecule has 3 aromatic rings. The number of nitrogens with one attached hydrogen (secondary N) is 1. The summed E-state index contributed by atoms with van der Waals surface area (Å²) in [6, 6.07) is 7.39. The molecule has 0 fully saturated rings. The Hall–Kier alpha value is -2.27. The van der Waals surface area contributed by atoms with E-state index in [9.17, 15) is 0 Å². The van der Waals surface area contributed by atoms with E-state index < -0.39 is 0 Å². The van der Waals surface area contributed by atoms with Gasteiger partial charge in [0.1, 0.15) is 5.82 Å². The predicted molar refractivity (Wildman–Crippen MR) is 77.4 cm³/mol. The lowest BCUT2D eigenvalue weighted by Crippen LogP contribution is -1.91. The molecule has 0 spiro atoms. The lowest BCUT2D eigenvalue weighted by Gasteiger charge is -2.08. The third-order valence-electron chi connectivity index (χ3n) is 2.96. The monoisotopic (exact) mass is 289 g/mol. The van der Waals surface area contributed by atoms with Crippen molar-refractivity contribution in [3.63, 3.8) is 0 Å². The molecule has 1 aromatic carbocycles. The summed E-state index contributed by atoms with van der Waals surface area (Å²) in [5, 5.41) is 0.569. The lowest BCUT2D eigenvalue weighted by molar-refractivity contribution is 0.355. The SMILES string of the molecule is COc1ccc(-c2nc3ncc(Cl)cc3[nH]2)cc1OC. The summed E-state index contributed by atoms with van der Waals surface area (Å²) in [5.41, 5.74) is 2.30. The number of rotatable bonds is 3. The van der Waals surface area contributed by atoms with E-state index in [1.54, 1.807) is 26.5 Å². The van der Waals surface area contributed by atoms with Gasteiger partial charge in [-0.15, -0.1) is 0 Å². The number of imidazole rings is 1. The van der Waals surface area contributed by atoms with Gasteiger partial charge in [-0.05, 0) is 24.3 Å². The van der Waals surface area contributed by atoms with Gasteiger partial charge in [0.05, 0.1) is 24.8 Å². The number of nitrogens with zero attached hydrogens (tertiary/aromatic N) is 2. The molecule has 0 aliphatic carbocycles. The van der Waals surface area contributed by atoms with Crippen molar-refractivity contribution in [2.75, 3.05) is 14.2 Å². The highest BCUT2D eigenvalue weighted by molar-refractivity contribution is 6.31. The van der Waals surface area contributed by atoms with Crippen molar-refractivity contribution < 1.29 is 9.47 Å². The van der Waals surface area contributed by atoms with E-state index in [4.69, 9.17) is 21.1 Å². The molecule has 0 aliphatic rings.